The van der Waals surface area contributed by atoms with Crippen molar-refractivity contribution in [2.24, 2.45) is 5.16 Å². The third-order valence-electron chi connectivity index (χ3n) is 2.63. The first-order chi connectivity index (χ1) is 9.45. The van der Waals surface area contributed by atoms with Gasteiger partial charge >= 0.3 is 0 Å². The van der Waals surface area contributed by atoms with Gasteiger partial charge in [0.15, 0.2) is 0 Å². The van der Waals surface area contributed by atoms with Gasteiger partial charge in [0.05, 0.1) is 6.21 Å². The quantitative estimate of drug-likeness (QED) is 0.468. The maximum Gasteiger partial charge on any atom is 0.142 e. The van der Waals surface area contributed by atoms with Gasteiger partial charge < -0.3 is 10.2 Å². The highest BCUT2D eigenvalue weighted by Gasteiger charge is 1.90. The molecule has 0 aliphatic rings. The van der Waals surface area contributed by atoms with E-state index in [1.807, 2.05) is 48.5 Å². The van der Waals surface area contributed by atoms with Crippen LogP contribution in [0.25, 0.3) is 0 Å². The number of oxime groups is 1. The van der Waals surface area contributed by atoms with Crippen LogP contribution in [0.15, 0.2) is 65.8 Å². The van der Waals surface area contributed by atoms with Crippen LogP contribution in [0.2, 0.25) is 0 Å². The van der Waals surface area contributed by atoms with Crippen molar-refractivity contribution in [1.82, 2.24) is 5.32 Å². The molecule has 2 aromatic rings. The molecule has 1 N–H and O–H groups in total. The van der Waals surface area contributed by atoms with Crippen molar-refractivity contribution in [2.45, 2.75) is 13.2 Å². The van der Waals surface area contributed by atoms with E-state index < -0.39 is 0 Å². The summed E-state index contributed by atoms with van der Waals surface area (Å²) in [5.74, 6) is 0. The monoisotopic (exact) mass is 254 g/mol. The Kier molecular flexibility index (Phi) is 5.64. The van der Waals surface area contributed by atoms with Gasteiger partial charge in [0.1, 0.15) is 6.61 Å². The molecule has 98 valence electrons. The van der Waals surface area contributed by atoms with Gasteiger partial charge in [-0.05, 0) is 11.1 Å². The Bertz CT molecular complexity index is 483. The first-order valence-electron chi connectivity index (χ1n) is 6.37. The number of nitrogens with zero attached hydrogens (tertiary/aromatic N) is 1. The van der Waals surface area contributed by atoms with Crippen molar-refractivity contribution in [1.29, 1.82) is 0 Å². The highest BCUT2D eigenvalue weighted by atomic mass is 16.6. The highest BCUT2D eigenvalue weighted by Crippen LogP contribution is 2.00. The van der Waals surface area contributed by atoms with E-state index in [-0.39, 0.29) is 0 Å². The molecule has 2 aromatic carbocycles. The molecule has 0 amide bonds. The Morgan fingerprint density at radius 2 is 1.53 bits per heavy atom. The van der Waals surface area contributed by atoms with Gasteiger partial charge in [0.25, 0.3) is 0 Å². The minimum Gasteiger partial charge on any atom is -0.391 e. The molecule has 0 radical (unpaired) electrons. The lowest BCUT2D eigenvalue weighted by Gasteiger charge is -2.01. The zero-order valence-corrected chi connectivity index (χ0v) is 10.8. The molecule has 0 atom stereocenters. The van der Waals surface area contributed by atoms with E-state index in [1.54, 1.807) is 6.21 Å². The largest absolute Gasteiger partial charge is 0.391 e. The minimum atomic E-state index is 0.510. The molecule has 2 rings (SSSR count). The Morgan fingerprint density at radius 1 is 0.895 bits per heavy atom. The fourth-order valence-electron chi connectivity index (χ4n) is 1.65. The van der Waals surface area contributed by atoms with E-state index in [9.17, 15) is 0 Å². The lowest BCUT2D eigenvalue weighted by molar-refractivity contribution is 0.131. The zero-order chi connectivity index (χ0) is 13.2. The fraction of sp³-hybridized carbons (Fsp3) is 0.188. The normalized spacial score (nSPS) is 10.7. The molecule has 0 spiro atoms. The molecule has 19 heavy (non-hydrogen) atoms. The van der Waals surface area contributed by atoms with Crippen molar-refractivity contribution in [3.8, 4) is 0 Å². The molecular formula is C16H18N2O. The van der Waals surface area contributed by atoms with E-state index in [4.69, 9.17) is 4.84 Å². The predicted octanol–water partition coefficient (Wildman–Crippen LogP) is 2.98. The highest BCUT2D eigenvalue weighted by molar-refractivity contribution is 5.58. The van der Waals surface area contributed by atoms with Crippen LogP contribution in [0.3, 0.4) is 0 Å². The summed E-state index contributed by atoms with van der Waals surface area (Å²) >= 11 is 0. The van der Waals surface area contributed by atoms with Gasteiger partial charge in [0, 0.05) is 13.1 Å². The summed E-state index contributed by atoms with van der Waals surface area (Å²) in [6.07, 6.45) is 1.74. The topological polar surface area (TPSA) is 33.6 Å². The second kappa shape index (κ2) is 8.06. The standard InChI is InChI=1S/C16H18N2O/c1-3-7-15(8-4-1)13-17-11-12-18-19-14-16-9-5-2-6-10-16/h1-10,12,17H,11,13-14H2/b18-12+. The molecule has 0 heterocycles. The molecular weight excluding hydrogens is 236 g/mol. The molecule has 0 aliphatic heterocycles. The molecule has 0 aromatic heterocycles. The molecule has 3 heteroatoms. The van der Waals surface area contributed by atoms with Gasteiger partial charge in [-0.15, -0.1) is 0 Å². The third-order valence-corrected chi connectivity index (χ3v) is 2.63. The molecule has 0 fully saturated rings. The molecule has 0 aliphatic carbocycles. The number of nitrogens with one attached hydrogen (secondary N) is 1. The van der Waals surface area contributed by atoms with Crippen molar-refractivity contribution in [2.75, 3.05) is 6.54 Å². The minimum absolute atomic E-state index is 0.510. The molecule has 0 saturated carbocycles. The summed E-state index contributed by atoms with van der Waals surface area (Å²) in [5, 5.41) is 7.18. The lowest BCUT2D eigenvalue weighted by atomic mass is 10.2. The summed E-state index contributed by atoms with van der Waals surface area (Å²) in [5.41, 5.74) is 2.39. The van der Waals surface area contributed by atoms with E-state index in [0.717, 1.165) is 12.1 Å². The lowest BCUT2D eigenvalue weighted by Crippen LogP contribution is -2.15. The second-order valence-corrected chi connectivity index (χ2v) is 4.16. The van der Waals surface area contributed by atoms with Crippen LogP contribution < -0.4 is 5.32 Å². The predicted molar refractivity (Wildman–Crippen MR) is 77.9 cm³/mol. The summed E-state index contributed by atoms with van der Waals surface area (Å²) in [6, 6.07) is 20.3. The first kappa shape index (κ1) is 13.3. The Hall–Kier alpha value is -2.13. The van der Waals surface area contributed by atoms with Gasteiger partial charge in [0.2, 0.25) is 0 Å². The second-order valence-electron chi connectivity index (χ2n) is 4.16. The number of rotatable bonds is 7. The number of hydrogen-bond donors (Lipinski definition) is 1. The smallest absolute Gasteiger partial charge is 0.142 e. The van der Waals surface area contributed by atoms with Crippen molar-refractivity contribution < 1.29 is 4.84 Å². The number of benzene rings is 2. The maximum absolute atomic E-state index is 5.20. The Morgan fingerprint density at radius 3 is 2.21 bits per heavy atom. The van der Waals surface area contributed by atoms with Crippen molar-refractivity contribution in [3.63, 3.8) is 0 Å². The van der Waals surface area contributed by atoms with Gasteiger partial charge in [-0.3, -0.25) is 0 Å². The Labute approximate surface area is 113 Å². The van der Waals surface area contributed by atoms with Gasteiger partial charge in [-0.2, -0.15) is 0 Å². The fourth-order valence-corrected chi connectivity index (χ4v) is 1.65. The van der Waals surface area contributed by atoms with E-state index in [2.05, 4.69) is 22.6 Å². The summed E-state index contributed by atoms with van der Waals surface area (Å²) < 4.78 is 0. The summed E-state index contributed by atoms with van der Waals surface area (Å²) in [6.45, 7) is 2.05. The first-order valence-corrected chi connectivity index (χ1v) is 6.37. The van der Waals surface area contributed by atoms with Crippen molar-refractivity contribution >= 4 is 6.21 Å². The van der Waals surface area contributed by atoms with Crippen LogP contribution in [0.1, 0.15) is 11.1 Å². The van der Waals surface area contributed by atoms with E-state index in [0.29, 0.717) is 13.2 Å². The number of hydrogen-bond acceptors (Lipinski definition) is 3. The van der Waals surface area contributed by atoms with E-state index in [1.165, 1.54) is 5.56 Å². The van der Waals surface area contributed by atoms with Crippen LogP contribution in [-0.4, -0.2) is 12.8 Å². The average molecular weight is 254 g/mol. The SMILES string of the molecule is C(/CNCc1ccccc1)=N\OCc1ccccc1. The van der Waals surface area contributed by atoms with Crippen molar-refractivity contribution in [3.05, 3.63) is 71.8 Å². The molecule has 0 bridgehead atoms. The summed E-state index contributed by atoms with van der Waals surface area (Å²) in [7, 11) is 0. The molecule has 3 nitrogen and oxygen atoms in total. The average Bonchev–Trinajstić information content (AvgIpc) is 2.48. The van der Waals surface area contributed by atoms with Gasteiger partial charge in [-0.1, -0.05) is 65.8 Å². The van der Waals surface area contributed by atoms with E-state index >= 15 is 0 Å². The van der Waals surface area contributed by atoms with Crippen LogP contribution >= 0.6 is 0 Å². The van der Waals surface area contributed by atoms with Crippen LogP contribution in [0, 0.1) is 0 Å². The zero-order valence-electron chi connectivity index (χ0n) is 10.8. The third kappa shape index (κ3) is 5.36. The van der Waals surface area contributed by atoms with Crippen LogP contribution in [0.5, 0.6) is 0 Å². The molecule has 0 saturated heterocycles. The summed E-state index contributed by atoms with van der Waals surface area (Å²) in [4.78, 5) is 5.20. The van der Waals surface area contributed by atoms with Gasteiger partial charge in [-0.25, -0.2) is 0 Å². The molecule has 0 unspecified atom stereocenters. The Balaban J connectivity index is 1.57. The maximum atomic E-state index is 5.20. The van der Waals surface area contributed by atoms with Crippen LogP contribution in [0.4, 0.5) is 0 Å². The van der Waals surface area contributed by atoms with Crippen LogP contribution in [-0.2, 0) is 18.0 Å².